The van der Waals surface area contributed by atoms with Crippen molar-refractivity contribution in [2.45, 2.75) is 26.2 Å². The van der Waals surface area contributed by atoms with Crippen LogP contribution in [0.5, 0.6) is 0 Å². The smallest absolute Gasteiger partial charge is 0.416 e. The lowest BCUT2D eigenvalue weighted by Crippen LogP contribution is -2.43. The van der Waals surface area contributed by atoms with Crippen molar-refractivity contribution in [3.8, 4) is 0 Å². The third kappa shape index (κ3) is 7.54. The van der Waals surface area contributed by atoms with Gasteiger partial charge in [-0.3, -0.25) is 4.79 Å². The number of carbonyl (C=O) groups excluding carboxylic acids is 1. The molecular weight excluding hydrogens is 512 g/mol. The van der Waals surface area contributed by atoms with E-state index in [0.717, 1.165) is 23.5 Å². The second kappa shape index (κ2) is 11.2. The molecule has 0 atom stereocenters. The second-order valence-electron chi connectivity index (χ2n) is 6.84. The summed E-state index contributed by atoms with van der Waals surface area (Å²) in [6.45, 7) is 2.36. The van der Waals surface area contributed by atoms with Crippen molar-refractivity contribution >= 4 is 35.8 Å². The highest BCUT2D eigenvalue weighted by atomic mass is 127. The Morgan fingerprint density at radius 1 is 1.20 bits per heavy atom. The molecule has 0 fully saturated rings. The molecule has 10 heteroatoms. The van der Waals surface area contributed by atoms with E-state index in [0.29, 0.717) is 18.1 Å². The van der Waals surface area contributed by atoms with Gasteiger partial charge in [0.2, 0.25) is 5.91 Å². The standard InChI is InChI=1S/C20H25F3N4O2.HI/c1-14-16(8-9-29-14)13-27(4)19(25-12-18(28)26(2)3)24-11-15-6-5-7-17(10-15)20(21,22)23;/h5-10H,11-13H2,1-4H3,(H,24,25);1H. The fourth-order valence-electron chi connectivity index (χ4n) is 2.54. The summed E-state index contributed by atoms with van der Waals surface area (Å²) in [7, 11) is 5.06. The van der Waals surface area contributed by atoms with E-state index in [-0.39, 0.29) is 43.0 Å². The van der Waals surface area contributed by atoms with Gasteiger partial charge in [-0.1, -0.05) is 12.1 Å². The number of guanidine groups is 1. The Morgan fingerprint density at radius 3 is 2.47 bits per heavy atom. The number of furan rings is 1. The van der Waals surface area contributed by atoms with Gasteiger partial charge in [0.05, 0.1) is 24.9 Å². The van der Waals surface area contributed by atoms with Gasteiger partial charge >= 0.3 is 6.18 Å². The van der Waals surface area contributed by atoms with Crippen LogP contribution in [-0.4, -0.2) is 49.4 Å². The lowest BCUT2D eigenvalue weighted by molar-refractivity contribution is -0.137. The lowest BCUT2D eigenvalue weighted by atomic mass is 10.1. The van der Waals surface area contributed by atoms with Crippen LogP contribution in [0.3, 0.4) is 0 Å². The van der Waals surface area contributed by atoms with Gasteiger partial charge < -0.3 is 19.5 Å². The molecule has 166 valence electrons. The maximum atomic E-state index is 12.9. The molecule has 1 N–H and O–H groups in total. The number of rotatable bonds is 6. The van der Waals surface area contributed by atoms with E-state index in [1.165, 1.54) is 11.0 Å². The van der Waals surface area contributed by atoms with E-state index in [2.05, 4.69) is 10.3 Å². The largest absolute Gasteiger partial charge is 0.469 e. The van der Waals surface area contributed by atoms with Gasteiger partial charge in [0.1, 0.15) is 5.76 Å². The van der Waals surface area contributed by atoms with Crippen LogP contribution in [0, 0.1) is 6.92 Å². The Morgan fingerprint density at radius 2 is 1.90 bits per heavy atom. The number of likely N-dealkylation sites (N-methyl/N-ethyl adjacent to an activating group) is 1. The van der Waals surface area contributed by atoms with Gasteiger partial charge in [0, 0.05) is 33.3 Å². The highest BCUT2D eigenvalue weighted by Crippen LogP contribution is 2.29. The number of hydrogen-bond donors (Lipinski definition) is 1. The third-order valence-corrected chi connectivity index (χ3v) is 4.30. The van der Waals surface area contributed by atoms with E-state index in [1.54, 1.807) is 38.4 Å². The number of amides is 1. The number of hydrogen-bond acceptors (Lipinski definition) is 3. The van der Waals surface area contributed by atoms with Crippen molar-refractivity contribution in [1.82, 2.24) is 15.1 Å². The Hall–Kier alpha value is -2.24. The maximum Gasteiger partial charge on any atom is 0.416 e. The summed E-state index contributed by atoms with van der Waals surface area (Å²) in [6, 6.07) is 6.87. The maximum absolute atomic E-state index is 12.9. The monoisotopic (exact) mass is 538 g/mol. The molecule has 1 aromatic carbocycles. The fourth-order valence-corrected chi connectivity index (χ4v) is 2.54. The number of alkyl halides is 3. The molecule has 0 radical (unpaired) electrons. The van der Waals surface area contributed by atoms with Crippen molar-refractivity contribution in [3.05, 3.63) is 59.0 Å². The van der Waals surface area contributed by atoms with Crippen molar-refractivity contribution in [2.75, 3.05) is 27.7 Å². The Bertz CT molecular complexity index is 866. The van der Waals surface area contributed by atoms with Crippen LogP contribution in [0.25, 0.3) is 0 Å². The number of carbonyl (C=O) groups is 1. The van der Waals surface area contributed by atoms with Gasteiger partial charge in [-0.2, -0.15) is 13.2 Å². The zero-order valence-corrected chi connectivity index (χ0v) is 19.6. The molecule has 1 heterocycles. The van der Waals surface area contributed by atoms with Gasteiger partial charge in [-0.25, -0.2) is 4.99 Å². The first-order chi connectivity index (χ1) is 13.6. The molecule has 30 heavy (non-hydrogen) atoms. The summed E-state index contributed by atoms with van der Waals surface area (Å²) in [4.78, 5) is 19.6. The van der Waals surface area contributed by atoms with Gasteiger partial charge in [0.25, 0.3) is 0 Å². The van der Waals surface area contributed by atoms with Crippen LogP contribution in [0.4, 0.5) is 13.2 Å². The molecule has 0 bridgehead atoms. The number of nitrogens with one attached hydrogen (secondary N) is 1. The fraction of sp³-hybridized carbons (Fsp3) is 0.400. The van der Waals surface area contributed by atoms with Crippen LogP contribution in [0.15, 0.2) is 46.0 Å². The van der Waals surface area contributed by atoms with Crippen molar-refractivity contribution < 1.29 is 22.4 Å². The average molecular weight is 538 g/mol. The van der Waals surface area contributed by atoms with E-state index >= 15 is 0 Å². The SMILES string of the molecule is Cc1occc1CN(C)C(=NCc1cccc(C(F)(F)F)c1)NCC(=O)N(C)C.I. The summed E-state index contributed by atoms with van der Waals surface area (Å²) >= 11 is 0. The first-order valence-corrected chi connectivity index (χ1v) is 8.96. The molecule has 6 nitrogen and oxygen atoms in total. The molecule has 0 aliphatic rings. The summed E-state index contributed by atoms with van der Waals surface area (Å²) in [5.74, 6) is 1.02. The van der Waals surface area contributed by atoms with Gasteiger partial charge in [-0.05, 0) is 30.7 Å². The summed E-state index contributed by atoms with van der Waals surface area (Å²) < 4.78 is 44.1. The number of benzene rings is 1. The normalized spacial score (nSPS) is 11.6. The topological polar surface area (TPSA) is 61.1 Å². The molecule has 0 spiro atoms. The summed E-state index contributed by atoms with van der Waals surface area (Å²) in [6.07, 6.45) is -2.82. The van der Waals surface area contributed by atoms with Gasteiger partial charge in [-0.15, -0.1) is 24.0 Å². The van der Waals surface area contributed by atoms with Crippen LogP contribution in [0.1, 0.15) is 22.5 Å². The quantitative estimate of drug-likeness (QED) is 0.345. The molecule has 0 aliphatic heterocycles. The molecule has 0 unspecified atom stereocenters. The predicted molar refractivity (Wildman–Crippen MR) is 120 cm³/mol. The lowest BCUT2D eigenvalue weighted by Gasteiger charge is -2.23. The van der Waals surface area contributed by atoms with E-state index in [1.807, 2.05) is 13.0 Å². The first kappa shape index (κ1) is 25.8. The highest BCUT2D eigenvalue weighted by Gasteiger charge is 2.30. The number of aryl methyl sites for hydroxylation is 1. The minimum Gasteiger partial charge on any atom is -0.469 e. The van der Waals surface area contributed by atoms with E-state index in [4.69, 9.17) is 4.42 Å². The molecule has 2 aromatic rings. The average Bonchev–Trinajstić information content (AvgIpc) is 3.05. The highest BCUT2D eigenvalue weighted by molar-refractivity contribution is 14.0. The number of aliphatic imine (C=N–C) groups is 1. The third-order valence-electron chi connectivity index (χ3n) is 4.30. The van der Waals surface area contributed by atoms with Crippen LogP contribution >= 0.6 is 24.0 Å². The van der Waals surface area contributed by atoms with E-state index in [9.17, 15) is 18.0 Å². The molecule has 0 saturated heterocycles. The van der Waals surface area contributed by atoms with E-state index < -0.39 is 11.7 Å². The summed E-state index contributed by atoms with van der Waals surface area (Å²) in [5, 5.41) is 2.98. The molecular formula is C20H26F3IN4O2. The Balaban J connectivity index is 0.00000450. The minimum atomic E-state index is -4.41. The second-order valence-corrected chi connectivity index (χ2v) is 6.84. The summed E-state index contributed by atoms with van der Waals surface area (Å²) in [5.41, 5.74) is 0.649. The molecule has 0 saturated carbocycles. The van der Waals surface area contributed by atoms with Crippen LogP contribution < -0.4 is 5.32 Å². The predicted octanol–water partition coefficient (Wildman–Crippen LogP) is 3.89. The molecule has 0 aliphatic carbocycles. The van der Waals surface area contributed by atoms with Crippen LogP contribution in [-0.2, 0) is 24.1 Å². The number of nitrogens with zero attached hydrogens (tertiary/aromatic N) is 3. The molecule has 1 aromatic heterocycles. The molecule has 1 amide bonds. The minimum absolute atomic E-state index is 0. The Kier molecular flexibility index (Phi) is 9.66. The zero-order chi connectivity index (χ0) is 21.6. The molecule has 2 rings (SSSR count). The number of halogens is 4. The zero-order valence-electron chi connectivity index (χ0n) is 17.3. The van der Waals surface area contributed by atoms with Crippen molar-refractivity contribution in [3.63, 3.8) is 0 Å². The van der Waals surface area contributed by atoms with Crippen molar-refractivity contribution in [1.29, 1.82) is 0 Å². The van der Waals surface area contributed by atoms with Crippen LogP contribution in [0.2, 0.25) is 0 Å². The van der Waals surface area contributed by atoms with Crippen molar-refractivity contribution in [2.24, 2.45) is 4.99 Å². The van der Waals surface area contributed by atoms with Gasteiger partial charge in [0.15, 0.2) is 5.96 Å². The first-order valence-electron chi connectivity index (χ1n) is 8.96. The Labute approximate surface area is 191 Å².